The molecule has 1 N–H and O–H groups in total. The van der Waals surface area contributed by atoms with Crippen molar-refractivity contribution in [2.75, 3.05) is 13.2 Å². The second kappa shape index (κ2) is 6.06. The summed E-state index contributed by atoms with van der Waals surface area (Å²) in [4.78, 5) is 11.4. The maximum Gasteiger partial charge on any atom is 0.347 e. The van der Waals surface area contributed by atoms with Gasteiger partial charge in [0.1, 0.15) is 5.75 Å². The van der Waals surface area contributed by atoms with E-state index in [1.165, 1.54) is 5.56 Å². The molecule has 104 valence electrons. The first-order chi connectivity index (χ1) is 9.11. The van der Waals surface area contributed by atoms with Crippen LogP contribution in [0.5, 0.6) is 5.75 Å². The first-order valence-electron chi connectivity index (χ1n) is 6.79. The monoisotopic (exact) mass is 263 g/mol. The van der Waals surface area contributed by atoms with Gasteiger partial charge in [0.25, 0.3) is 0 Å². The Labute approximate surface area is 114 Å². The van der Waals surface area contributed by atoms with Gasteiger partial charge < -0.3 is 14.8 Å². The van der Waals surface area contributed by atoms with E-state index in [2.05, 4.69) is 25.2 Å². The molecule has 1 aromatic rings. The van der Waals surface area contributed by atoms with Crippen LogP contribution < -0.4 is 10.1 Å². The highest BCUT2D eigenvalue weighted by molar-refractivity contribution is 5.76. The highest BCUT2D eigenvalue weighted by atomic mass is 16.6. The Hall–Kier alpha value is -1.55. The van der Waals surface area contributed by atoms with Crippen LogP contribution in [0.2, 0.25) is 0 Å². The molecule has 4 heteroatoms. The standard InChI is InChI=1S/C15H21NO3/c1-4-16-11(3)12-5-6-13(10(2)9-12)19-14-7-8-18-15(14)17/h5-6,9,11,14,16H,4,7-8H2,1-3H3. The maximum absolute atomic E-state index is 11.4. The summed E-state index contributed by atoms with van der Waals surface area (Å²) in [5.74, 6) is 0.501. The van der Waals surface area contributed by atoms with E-state index < -0.39 is 6.10 Å². The van der Waals surface area contributed by atoms with E-state index in [9.17, 15) is 4.79 Å². The van der Waals surface area contributed by atoms with Gasteiger partial charge in [0, 0.05) is 12.5 Å². The number of nitrogens with one attached hydrogen (secondary N) is 1. The molecule has 1 aromatic carbocycles. The predicted molar refractivity (Wildman–Crippen MR) is 73.3 cm³/mol. The largest absolute Gasteiger partial charge is 0.478 e. The third kappa shape index (κ3) is 3.26. The van der Waals surface area contributed by atoms with Crippen molar-refractivity contribution in [3.8, 4) is 5.75 Å². The molecular formula is C15H21NO3. The van der Waals surface area contributed by atoms with E-state index in [1.54, 1.807) is 0 Å². The molecule has 19 heavy (non-hydrogen) atoms. The van der Waals surface area contributed by atoms with Crippen molar-refractivity contribution in [2.24, 2.45) is 0 Å². The minimum atomic E-state index is -0.448. The van der Waals surface area contributed by atoms with Crippen molar-refractivity contribution in [3.05, 3.63) is 29.3 Å². The lowest BCUT2D eigenvalue weighted by atomic mass is 10.0. The fourth-order valence-electron chi connectivity index (χ4n) is 2.24. The molecule has 0 spiro atoms. The van der Waals surface area contributed by atoms with Gasteiger partial charge in [0.05, 0.1) is 6.61 Å². The number of benzene rings is 1. The molecule has 1 heterocycles. The molecule has 0 aliphatic carbocycles. The fourth-order valence-corrected chi connectivity index (χ4v) is 2.24. The van der Waals surface area contributed by atoms with Crippen molar-refractivity contribution < 1.29 is 14.3 Å². The minimum absolute atomic E-state index is 0.260. The summed E-state index contributed by atoms with van der Waals surface area (Å²) in [6.45, 7) is 7.61. The molecule has 2 atom stereocenters. The molecule has 0 radical (unpaired) electrons. The van der Waals surface area contributed by atoms with E-state index in [1.807, 2.05) is 19.1 Å². The Kier molecular flexibility index (Phi) is 4.43. The summed E-state index contributed by atoms with van der Waals surface area (Å²) in [6, 6.07) is 6.39. The Morgan fingerprint density at radius 1 is 1.53 bits per heavy atom. The number of hydrogen-bond donors (Lipinski definition) is 1. The van der Waals surface area contributed by atoms with Gasteiger partial charge in [0.2, 0.25) is 0 Å². The number of carbonyl (C=O) groups is 1. The van der Waals surface area contributed by atoms with Crippen LogP contribution in [0.1, 0.15) is 37.4 Å². The minimum Gasteiger partial charge on any atom is -0.478 e. The lowest BCUT2D eigenvalue weighted by molar-refractivity contribution is -0.143. The molecule has 4 nitrogen and oxygen atoms in total. The van der Waals surface area contributed by atoms with Crippen LogP contribution in [0.25, 0.3) is 0 Å². The van der Waals surface area contributed by atoms with E-state index in [-0.39, 0.29) is 5.97 Å². The van der Waals surface area contributed by atoms with Crippen molar-refractivity contribution >= 4 is 5.97 Å². The molecule has 0 saturated carbocycles. The zero-order valence-corrected chi connectivity index (χ0v) is 11.7. The third-order valence-corrected chi connectivity index (χ3v) is 3.37. The van der Waals surface area contributed by atoms with E-state index >= 15 is 0 Å². The van der Waals surface area contributed by atoms with Crippen LogP contribution in [-0.2, 0) is 9.53 Å². The quantitative estimate of drug-likeness (QED) is 0.828. The average molecular weight is 263 g/mol. The topological polar surface area (TPSA) is 47.6 Å². The summed E-state index contributed by atoms with van der Waals surface area (Å²) in [5.41, 5.74) is 2.27. The summed E-state index contributed by atoms with van der Waals surface area (Å²) in [6.07, 6.45) is 0.184. The summed E-state index contributed by atoms with van der Waals surface area (Å²) < 4.78 is 10.6. The number of aryl methyl sites for hydroxylation is 1. The van der Waals surface area contributed by atoms with Crippen molar-refractivity contribution in [3.63, 3.8) is 0 Å². The van der Waals surface area contributed by atoms with Crippen LogP contribution in [0.15, 0.2) is 18.2 Å². The van der Waals surface area contributed by atoms with Gasteiger partial charge >= 0.3 is 5.97 Å². The Bertz CT molecular complexity index is 459. The maximum atomic E-state index is 11.4. The highest BCUT2D eigenvalue weighted by Crippen LogP contribution is 2.25. The summed E-state index contributed by atoms with van der Waals surface area (Å²) in [5, 5.41) is 3.37. The van der Waals surface area contributed by atoms with Crippen LogP contribution in [0.4, 0.5) is 0 Å². The Morgan fingerprint density at radius 3 is 2.89 bits per heavy atom. The van der Waals surface area contributed by atoms with E-state index in [4.69, 9.17) is 9.47 Å². The average Bonchev–Trinajstić information content (AvgIpc) is 2.78. The number of esters is 1. The van der Waals surface area contributed by atoms with Gasteiger partial charge in [-0.2, -0.15) is 0 Å². The molecular weight excluding hydrogens is 242 g/mol. The van der Waals surface area contributed by atoms with Gasteiger partial charge in [-0.25, -0.2) is 4.79 Å². The third-order valence-electron chi connectivity index (χ3n) is 3.37. The van der Waals surface area contributed by atoms with Crippen molar-refractivity contribution in [2.45, 2.75) is 39.3 Å². The van der Waals surface area contributed by atoms with Crippen LogP contribution >= 0.6 is 0 Å². The lowest BCUT2D eigenvalue weighted by Crippen LogP contribution is -2.22. The zero-order chi connectivity index (χ0) is 13.8. The molecule has 2 rings (SSSR count). The molecule has 1 saturated heterocycles. The molecule has 1 fully saturated rings. The molecule has 0 aromatic heterocycles. The van der Waals surface area contributed by atoms with Crippen LogP contribution in [-0.4, -0.2) is 25.2 Å². The second-order valence-corrected chi connectivity index (χ2v) is 4.87. The van der Waals surface area contributed by atoms with Crippen molar-refractivity contribution in [1.82, 2.24) is 5.32 Å². The van der Waals surface area contributed by atoms with Gasteiger partial charge in [-0.3, -0.25) is 0 Å². The second-order valence-electron chi connectivity index (χ2n) is 4.87. The van der Waals surface area contributed by atoms with E-state index in [0.29, 0.717) is 19.1 Å². The first kappa shape index (κ1) is 13.9. The lowest BCUT2D eigenvalue weighted by Gasteiger charge is -2.17. The molecule has 1 aliphatic heterocycles. The predicted octanol–water partition coefficient (Wildman–Crippen LogP) is 2.36. The van der Waals surface area contributed by atoms with Gasteiger partial charge in [-0.1, -0.05) is 19.1 Å². The fraction of sp³-hybridized carbons (Fsp3) is 0.533. The SMILES string of the molecule is CCNC(C)c1ccc(OC2CCOC2=O)c(C)c1. The Morgan fingerprint density at radius 2 is 2.32 bits per heavy atom. The number of ether oxygens (including phenoxy) is 2. The summed E-state index contributed by atoms with van der Waals surface area (Å²) >= 11 is 0. The van der Waals surface area contributed by atoms with Crippen LogP contribution in [0, 0.1) is 6.92 Å². The first-order valence-corrected chi connectivity index (χ1v) is 6.79. The van der Waals surface area contributed by atoms with Crippen molar-refractivity contribution in [1.29, 1.82) is 0 Å². The molecule has 0 bridgehead atoms. The number of cyclic esters (lactones) is 1. The molecule has 1 aliphatic rings. The van der Waals surface area contributed by atoms with Gasteiger partial charge in [-0.05, 0) is 37.6 Å². The smallest absolute Gasteiger partial charge is 0.347 e. The van der Waals surface area contributed by atoms with Gasteiger partial charge in [-0.15, -0.1) is 0 Å². The highest BCUT2D eigenvalue weighted by Gasteiger charge is 2.28. The zero-order valence-electron chi connectivity index (χ0n) is 11.7. The summed E-state index contributed by atoms with van der Waals surface area (Å²) in [7, 11) is 0. The van der Waals surface area contributed by atoms with E-state index in [0.717, 1.165) is 17.9 Å². The Balaban J connectivity index is 2.08. The van der Waals surface area contributed by atoms with Crippen LogP contribution in [0.3, 0.4) is 0 Å². The molecule has 2 unspecified atom stereocenters. The number of hydrogen-bond acceptors (Lipinski definition) is 4. The van der Waals surface area contributed by atoms with Gasteiger partial charge in [0.15, 0.2) is 6.10 Å². The molecule has 0 amide bonds. The number of rotatable bonds is 5. The number of carbonyl (C=O) groups excluding carboxylic acids is 1. The normalized spacial score (nSPS) is 20.2.